The third kappa shape index (κ3) is 2.29. The van der Waals surface area contributed by atoms with Gasteiger partial charge in [-0.15, -0.1) is 0 Å². The van der Waals surface area contributed by atoms with Crippen molar-refractivity contribution >= 4 is 16.8 Å². The molecule has 2 heterocycles. The van der Waals surface area contributed by atoms with E-state index in [1.807, 2.05) is 30.1 Å². The lowest BCUT2D eigenvalue weighted by Crippen LogP contribution is -2.44. The molecule has 1 amide bonds. The number of aromatic nitrogens is 2. The van der Waals surface area contributed by atoms with Crippen molar-refractivity contribution in [2.75, 3.05) is 27.2 Å². The van der Waals surface area contributed by atoms with E-state index >= 15 is 0 Å². The lowest BCUT2D eigenvalue weighted by Gasteiger charge is -2.35. The molecule has 1 aliphatic heterocycles. The third-order valence-electron chi connectivity index (χ3n) is 4.27. The highest BCUT2D eigenvalue weighted by Gasteiger charge is 2.25. The highest BCUT2D eigenvalue weighted by molar-refractivity contribution is 6.06. The average Bonchev–Trinajstić information content (AvgIpc) is 2.95. The monoisotopic (exact) mass is 272 g/mol. The standard InChI is InChI=1S/C15H20N4O/c1-18-8-6-11(7-9-18)19(2)15(20)12-4-3-5-14-13(12)10-16-17-14/h3-5,10-11H,6-9H2,1-2H3,(H,16,17). The third-order valence-corrected chi connectivity index (χ3v) is 4.27. The minimum Gasteiger partial charge on any atom is -0.339 e. The Morgan fingerprint density at radius 1 is 1.40 bits per heavy atom. The van der Waals surface area contributed by atoms with Crippen LogP contribution in [0.15, 0.2) is 24.4 Å². The van der Waals surface area contributed by atoms with E-state index in [0.717, 1.165) is 42.4 Å². The summed E-state index contributed by atoms with van der Waals surface area (Å²) in [4.78, 5) is 16.9. The fourth-order valence-electron chi connectivity index (χ4n) is 2.89. The van der Waals surface area contributed by atoms with Crippen LogP contribution in [0.3, 0.4) is 0 Å². The van der Waals surface area contributed by atoms with E-state index in [4.69, 9.17) is 0 Å². The first kappa shape index (κ1) is 13.1. The van der Waals surface area contributed by atoms with Crippen LogP contribution in [0.5, 0.6) is 0 Å². The Morgan fingerprint density at radius 3 is 2.90 bits per heavy atom. The minimum absolute atomic E-state index is 0.0894. The summed E-state index contributed by atoms with van der Waals surface area (Å²) in [6, 6.07) is 6.05. The fraction of sp³-hybridized carbons (Fsp3) is 0.467. The molecule has 1 saturated heterocycles. The lowest BCUT2D eigenvalue weighted by atomic mass is 10.0. The molecule has 5 heteroatoms. The second kappa shape index (κ2) is 5.25. The molecular weight excluding hydrogens is 252 g/mol. The molecule has 0 atom stereocenters. The molecule has 0 spiro atoms. The zero-order valence-electron chi connectivity index (χ0n) is 12.0. The number of fused-ring (bicyclic) bond motifs is 1. The average molecular weight is 272 g/mol. The van der Waals surface area contributed by atoms with E-state index in [9.17, 15) is 4.79 Å². The molecule has 0 bridgehead atoms. The van der Waals surface area contributed by atoms with E-state index in [2.05, 4.69) is 22.1 Å². The van der Waals surface area contributed by atoms with Crippen LogP contribution in [0, 0.1) is 0 Å². The summed E-state index contributed by atoms with van der Waals surface area (Å²) in [6.45, 7) is 2.11. The van der Waals surface area contributed by atoms with Crippen LogP contribution in [0.25, 0.3) is 10.9 Å². The van der Waals surface area contributed by atoms with Gasteiger partial charge in [-0.3, -0.25) is 9.89 Å². The van der Waals surface area contributed by atoms with Gasteiger partial charge in [0.25, 0.3) is 5.91 Å². The fourth-order valence-corrected chi connectivity index (χ4v) is 2.89. The Bertz CT molecular complexity index is 613. The molecule has 106 valence electrons. The quantitative estimate of drug-likeness (QED) is 0.906. The molecule has 1 aromatic carbocycles. The molecule has 0 radical (unpaired) electrons. The van der Waals surface area contributed by atoms with E-state index < -0.39 is 0 Å². The van der Waals surface area contributed by atoms with Gasteiger partial charge in [-0.25, -0.2) is 0 Å². The molecule has 1 N–H and O–H groups in total. The van der Waals surface area contributed by atoms with Crippen LogP contribution in [0.1, 0.15) is 23.2 Å². The van der Waals surface area contributed by atoms with E-state index in [1.54, 1.807) is 6.20 Å². The molecule has 2 aromatic rings. The van der Waals surface area contributed by atoms with E-state index in [1.165, 1.54) is 0 Å². The van der Waals surface area contributed by atoms with Crippen molar-refractivity contribution < 1.29 is 4.79 Å². The summed E-state index contributed by atoms with van der Waals surface area (Å²) in [5.74, 6) is 0.0894. The molecule has 1 aromatic heterocycles. The van der Waals surface area contributed by atoms with Crippen molar-refractivity contribution in [3.63, 3.8) is 0 Å². The molecular formula is C15H20N4O. The summed E-state index contributed by atoms with van der Waals surface area (Å²) < 4.78 is 0. The molecule has 1 aliphatic rings. The van der Waals surface area contributed by atoms with Gasteiger partial charge in [0.05, 0.1) is 17.3 Å². The maximum atomic E-state index is 12.7. The number of rotatable bonds is 2. The molecule has 0 unspecified atom stereocenters. The van der Waals surface area contributed by atoms with Crippen molar-refractivity contribution in [3.8, 4) is 0 Å². The topological polar surface area (TPSA) is 52.2 Å². The zero-order chi connectivity index (χ0) is 14.1. The van der Waals surface area contributed by atoms with Gasteiger partial charge >= 0.3 is 0 Å². The van der Waals surface area contributed by atoms with Gasteiger partial charge in [-0.2, -0.15) is 5.10 Å². The zero-order valence-corrected chi connectivity index (χ0v) is 12.0. The van der Waals surface area contributed by atoms with Gasteiger partial charge in [-0.05, 0) is 45.1 Å². The van der Waals surface area contributed by atoms with Crippen LogP contribution in [0.2, 0.25) is 0 Å². The summed E-state index contributed by atoms with van der Waals surface area (Å²) >= 11 is 0. The number of H-pyrrole nitrogens is 1. The number of aromatic amines is 1. The number of likely N-dealkylation sites (tertiary alicyclic amines) is 1. The smallest absolute Gasteiger partial charge is 0.254 e. The van der Waals surface area contributed by atoms with Gasteiger partial charge in [-0.1, -0.05) is 6.07 Å². The van der Waals surface area contributed by atoms with Crippen molar-refractivity contribution in [1.82, 2.24) is 20.0 Å². The number of amides is 1. The molecule has 3 rings (SSSR count). The highest BCUT2D eigenvalue weighted by Crippen LogP contribution is 2.21. The van der Waals surface area contributed by atoms with Crippen LogP contribution in [-0.2, 0) is 0 Å². The summed E-state index contributed by atoms with van der Waals surface area (Å²) in [6.07, 6.45) is 3.81. The van der Waals surface area contributed by atoms with Crippen molar-refractivity contribution in [2.45, 2.75) is 18.9 Å². The van der Waals surface area contributed by atoms with Gasteiger partial charge < -0.3 is 9.80 Å². The van der Waals surface area contributed by atoms with Gasteiger partial charge in [0, 0.05) is 18.5 Å². The number of nitrogens with zero attached hydrogens (tertiary/aromatic N) is 3. The first-order valence-corrected chi connectivity index (χ1v) is 7.04. The SMILES string of the molecule is CN1CCC(N(C)C(=O)c2cccc3[nH]ncc23)CC1. The maximum absolute atomic E-state index is 12.7. The number of nitrogens with one attached hydrogen (secondary N) is 1. The van der Waals surface area contributed by atoms with Crippen LogP contribution in [-0.4, -0.2) is 59.1 Å². The number of hydrogen-bond donors (Lipinski definition) is 1. The first-order valence-electron chi connectivity index (χ1n) is 7.04. The molecule has 1 fully saturated rings. The number of hydrogen-bond acceptors (Lipinski definition) is 3. The predicted molar refractivity (Wildman–Crippen MR) is 78.7 cm³/mol. The summed E-state index contributed by atoms with van der Waals surface area (Å²) in [7, 11) is 4.04. The Hall–Kier alpha value is -1.88. The first-order chi connectivity index (χ1) is 9.66. The van der Waals surface area contributed by atoms with E-state index in [0.29, 0.717) is 6.04 Å². The summed E-state index contributed by atoms with van der Waals surface area (Å²) in [5.41, 5.74) is 1.64. The lowest BCUT2D eigenvalue weighted by molar-refractivity contribution is 0.0661. The molecule has 5 nitrogen and oxygen atoms in total. The van der Waals surface area contributed by atoms with Gasteiger partial charge in [0.1, 0.15) is 0 Å². The Labute approximate surface area is 118 Å². The molecule has 0 aliphatic carbocycles. The van der Waals surface area contributed by atoms with Crippen molar-refractivity contribution in [1.29, 1.82) is 0 Å². The van der Waals surface area contributed by atoms with E-state index in [-0.39, 0.29) is 5.91 Å². The van der Waals surface area contributed by atoms with Crippen molar-refractivity contribution in [3.05, 3.63) is 30.0 Å². The van der Waals surface area contributed by atoms with Gasteiger partial charge in [0.15, 0.2) is 0 Å². The van der Waals surface area contributed by atoms with Crippen LogP contribution in [0.4, 0.5) is 0 Å². The Balaban J connectivity index is 1.83. The minimum atomic E-state index is 0.0894. The van der Waals surface area contributed by atoms with Crippen LogP contribution >= 0.6 is 0 Å². The predicted octanol–water partition coefficient (Wildman–Crippen LogP) is 1.73. The number of benzene rings is 1. The van der Waals surface area contributed by atoms with Gasteiger partial charge in [0.2, 0.25) is 0 Å². The normalized spacial score (nSPS) is 17.5. The second-order valence-corrected chi connectivity index (χ2v) is 5.59. The number of carbonyl (C=O) groups excluding carboxylic acids is 1. The number of piperidine rings is 1. The summed E-state index contributed by atoms with van der Waals surface area (Å²) in [5, 5.41) is 7.84. The van der Waals surface area contributed by atoms with Crippen LogP contribution < -0.4 is 0 Å². The van der Waals surface area contributed by atoms with Crippen molar-refractivity contribution in [2.24, 2.45) is 0 Å². The maximum Gasteiger partial charge on any atom is 0.254 e. The largest absolute Gasteiger partial charge is 0.339 e. The molecule has 0 saturated carbocycles. The number of carbonyl (C=O) groups is 1. The second-order valence-electron chi connectivity index (χ2n) is 5.59. The molecule has 20 heavy (non-hydrogen) atoms. The Kier molecular flexibility index (Phi) is 3.44. The highest BCUT2D eigenvalue weighted by atomic mass is 16.2. The Morgan fingerprint density at radius 2 is 2.15 bits per heavy atom.